The third-order valence-corrected chi connectivity index (χ3v) is 2.33. The second kappa shape index (κ2) is 3.97. The second-order valence-electron chi connectivity index (χ2n) is 3.45. The minimum absolute atomic E-state index is 0.228. The summed E-state index contributed by atoms with van der Waals surface area (Å²) in [4.78, 5) is 15.2. The lowest BCUT2D eigenvalue weighted by atomic mass is 10.2. The number of nitrogens with zero attached hydrogens (tertiary/aromatic N) is 3. The highest BCUT2D eigenvalue weighted by molar-refractivity contribution is 7.71. The molecule has 0 aliphatic heterocycles. The molecule has 0 atom stereocenters. The van der Waals surface area contributed by atoms with Gasteiger partial charge in [0, 0.05) is 17.0 Å². The molecule has 0 bridgehead atoms. The Morgan fingerprint density at radius 1 is 1.19 bits per heavy atom. The lowest BCUT2D eigenvalue weighted by Gasteiger charge is -2.05. The van der Waals surface area contributed by atoms with Gasteiger partial charge in [-0.05, 0) is 38.2 Å². The minimum Gasteiger partial charge on any atom is -0.369 e. The van der Waals surface area contributed by atoms with Gasteiger partial charge in [-0.2, -0.15) is 4.98 Å². The summed E-state index contributed by atoms with van der Waals surface area (Å²) < 4.78 is 0.228. The second-order valence-corrected chi connectivity index (χ2v) is 3.82. The Balaban J connectivity index is 2.63. The largest absolute Gasteiger partial charge is 0.369 e. The van der Waals surface area contributed by atoms with Crippen molar-refractivity contribution < 1.29 is 0 Å². The van der Waals surface area contributed by atoms with Crippen LogP contribution in [0, 0.1) is 18.6 Å². The zero-order valence-electron chi connectivity index (χ0n) is 8.98. The molecule has 0 unspecified atom stereocenters. The van der Waals surface area contributed by atoms with Gasteiger partial charge in [0.2, 0.25) is 10.7 Å². The Kier molecular flexibility index (Phi) is 2.66. The molecular weight excluding hydrogens is 222 g/mol. The minimum atomic E-state index is 0.228. The van der Waals surface area contributed by atoms with Gasteiger partial charge < -0.3 is 10.7 Å². The zero-order chi connectivity index (χ0) is 11.7. The smallest absolute Gasteiger partial charge is 0.224 e. The van der Waals surface area contributed by atoms with E-state index in [4.69, 9.17) is 18.0 Å². The number of hydrogen-bond acceptors (Lipinski definition) is 5. The maximum atomic E-state index is 5.58. The normalized spacial score (nSPS) is 10.4. The Morgan fingerprint density at radius 3 is 2.56 bits per heavy atom. The number of nitrogens with one attached hydrogen (secondary N) is 1. The Morgan fingerprint density at radius 2 is 1.94 bits per heavy atom. The van der Waals surface area contributed by atoms with Crippen molar-refractivity contribution in [3.8, 4) is 11.4 Å². The summed E-state index contributed by atoms with van der Waals surface area (Å²) in [5.74, 6) is 0.859. The van der Waals surface area contributed by atoms with Crippen molar-refractivity contribution in [2.75, 3.05) is 5.73 Å². The SMILES string of the molecule is Cc1ccc(-c2nc(=S)nc(N)[nH]2)c(C)n1. The van der Waals surface area contributed by atoms with Crippen molar-refractivity contribution >= 4 is 18.2 Å². The van der Waals surface area contributed by atoms with E-state index in [2.05, 4.69) is 19.9 Å². The average Bonchev–Trinajstić information content (AvgIpc) is 2.15. The molecule has 3 N–H and O–H groups in total. The standard InChI is InChI=1S/C10H11N5S/c1-5-3-4-7(6(2)12-5)8-13-9(11)15-10(16)14-8/h3-4H,1-2H3,(H3,11,13,14,15,16). The van der Waals surface area contributed by atoms with Gasteiger partial charge in [0.25, 0.3) is 0 Å². The summed E-state index contributed by atoms with van der Waals surface area (Å²) in [6.07, 6.45) is 0. The molecule has 0 aliphatic carbocycles. The van der Waals surface area contributed by atoms with E-state index in [0.717, 1.165) is 17.0 Å². The molecule has 0 saturated carbocycles. The zero-order valence-corrected chi connectivity index (χ0v) is 9.80. The van der Waals surface area contributed by atoms with Gasteiger partial charge in [0.1, 0.15) is 5.82 Å². The van der Waals surface area contributed by atoms with Gasteiger partial charge in [0.05, 0.1) is 0 Å². The Labute approximate surface area is 97.8 Å². The lowest BCUT2D eigenvalue weighted by Crippen LogP contribution is -2.01. The highest BCUT2D eigenvalue weighted by atomic mass is 32.1. The highest BCUT2D eigenvalue weighted by Gasteiger charge is 2.06. The molecule has 0 fully saturated rings. The van der Waals surface area contributed by atoms with Crippen LogP contribution in [0.15, 0.2) is 12.1 Å². The van der Waals surface area contributed by atoms with E-state index in [1.165, 1.54) is 0 Å². The first-order chi connectivity index (χ1) is 7.56. The quantitative estimate of drug-likeness (QED) is 0.734. The summed E-state index contributed by atoms with van der Waals surface area (Å²) in [5.41, 5.74) is 8.30. The molecule has 82 valence electrons. The fourth-order valence-electron chi connectivity index (χ4n) is 1.47. The monoisotopic (exact) mass is 233 g/mol. The average molecular weight is 233 g/mol. The molecule has 2 rings (SSSR count). The molecule has 16 heavy (non-hydrogen) atoms. The first-order valence-electron chi connectivity index (χ1n) is 4.75. The van der Waals surface area contributed by atoms with Crippen molar-refractivity contribution in [2.45, 2.75) is 13.8 Å². The topological polar surface area (TPSA) is 80.5 Å². The van der Waals surface area contributed by atoms with Crippen LogP contribution in [0.2, 0.25) is 0 Å². The van der Waals surface area contributed by atoms with Crippen molar-refractivity contribution in [1.82, 2.24) is 19.9 Å². The number of H-pyrrole nitrogens is 1. The maximum Gasteiger partial charge on any atom is 0.224 e. The van der Waals surface area contributed by atoms with Crippen LogP contribution >= 0.6 is 12.2 Å². The number of hydrogen-bond donors (Lipinski definition) is 2. The third-order valence-electron chi connectivity index (χ3n) is 2.15. The summed E-state index contributed by atoms with van der Waals surface area (Å²) in [6, 6.07) is 3.85. The molecule has 0 spiro atoms. The van der Waals surface area contributed by atoms with Gasteiger partial charge in [-0.1, -0.05) is 0 Å². The van der Waals surface area contributed by atoms with Gasteiger partial charge >= 0.3 is 0 Å². The molecule has 2 heterocycles. The van der Waals surface area contributed by atoms with Crippen LogP contribution in [0.5, 0.6) is 0 Å². The van der Waals surface area contributed by atoms with Gasteiger partial charge in [-0.25, -0.2) is 4.98 Å². The fraction of sp³-hybridized carbons (Fsp3) is 0.200. The van der Waals surface area contributed by atoms with Crippen molar-refractivity contribution in [3.05, 3.63) is 28.3 Å². The number of aromatic nitrogens is 4. The molecule has 0 aromatic carbocycles. The van der Waals surface area contributed by atoms with E-state index in [0.29, 0.717) is 5.82 Å². The molecule has 2 aromatic heterocycles. The van der Waals surface area contributed by atoms with Crippen molar-refractivity contribution in [2.24, 2.45) is 0 Å². The predicted octanol–water partition coefficient (Wildman–Crippen LogP) is 1.80. The van der Waals surface area contributed by atoms with E-state index in [1.54, 1.807) is 0 Å². The van der Waals surface area contributed by atoms with E-state index >= 15 is 0 Å². The summed E-state index contributed by atoms with van der Waals surface area (Å²) in [7, 11) is 0. The number of pyridine rings is 1. The molecule has 2 aromatic rings. The summed E-state index contributed by atoms with van der Waals surface area (Å²) in [5, 5.41) is 0. The van der Waals surface area contributed by atoms with Crippen molar-refractivity contribution in [1.29, 1.82) is 0 Å². The summed E-state index contributed by atoms with van der Waals surface area (Å²) >= 11 is 4.91. The fourth-order valence-corrected chi connectivity index (χ4v) is 1.65. The van der Waals surface area contributed by atoms with Crippen LogP contribution in [0.3, 0.4) is 0 Å². The van der Waals surface area contributed by atoms with E-state index in [9.17, 15) is 0 Å². The Hall–Kier alpha value is -1.82. The highest BCUT2D eigenvalue weighted by Crippen LogP contribution is 2.18. The lowest BCUT2D eigenvalue weighted by molar-refractivity contribution is 1.03. The van der Waals surface area contributed by atoms with Crippen LogP contribution in [-0.2, 0) is 0 Å². The van der Waals surface area contributed by atoms with Crippen LogP contribution < -0.4 is 5.73 Å². The third kappa shape index (κ3) is 2.06. The van der Waals surface area contributed by atoms with Gasteiger partial charge in [0.15, 0.2) is 0 Å². The number of aryl methyl sites for hydroxylation is 2. The number of aromatic amines is 1. The number of rotatable bonds is 1. The van der Waals surface area contributed by atoms with Crippen LogP contribution in [-0.4, -0.2) is 19.9 Å². The molecule has 0 amide bonds. The van der Waals surface area contributed by atoms with Gasteiger partial charge in [-0.3, -0.25) is 4.98 Å². The molecule has 0 aliphatic rings. The predicted molar refractivity (Wildman–Crippen MR) is 64.3 cm³/mol. The molecule has 6 heteroatoms. The first-order valence-corrected chi connectivity index (χ1v) is 5.15. The summed E-state index contributed by atoms with van der Waals surface area (Å²) in [6.45, 7) is 3.85. The van der Waals surface area contributed by atoms with Crippen molar-refractivity contribution in [3.63, 3.8) is 0 Å². The van der Waals surface area contributed by atoms with E-state index in [-0.39, 0.29) is 10.7 Å². The van der Waals surface area contributed by atoms with Gasteiger partial charge in [-0.15, -0.1) is 0 Å². The van der Waals surface area contributed by atoms with E-state index in [1.807, 2.05) is 26.0 Å². The Bertz CT molecular complexity index is 590. The van der Waals surface area contributed by atoms with E-state index < -0.39 is 0 Å². The van der Waals surface area contributed by atoms with Crippen LogP contribution in [0.1, 0.15) is 11.4 Å². The number of nitrogen functional groups attached to an aromatic ring is 1. The first kappa shape index (κ1) is 10.7. The molecule has 0 radical (unpaired) electrons. The van der Waals surface area contributed by atoms with Crippen LogP contribution in [0.4, 0.5) is 5.95 Å². The molecule has 5 nitrogen and oxygen atoms in total. The number of anilines is 1. The molecule has 0 saturated heterocycles. The van der Waals surface area contributed by atoms with Crippen LogP contribution in [0.25, 0.3) is 11.4 Å². The number of nitrogens with two attached hydrogens (primary N) is 1. The maximum absolute atomic E-state index is 5.58. The molecular formula is C10H11N5S.